The maximum Gasteiger partial charge on any atom is 0.270 e. The summed E-state index contributed by atoms with van der Waals surface area (Å²) in [6.45, 7) is 5.52. The van der Waals surface area contributed by atoms with Crippen molar-refractivity contribution in [2.24, 2.45) is 0 Å². The largest absolute Gasteiger partial charge is 0.368 e. The Bertz CT molecular complexity index is 815. The molecule has 28 heavy (non-hydrogen) atoms. The maximum absolute atomic E-state index is 12.2. The van der Waals surface area contributed by atoms with Crippen molar-refractivity contribution in [1.82, 2.24) is 20.2 Å². The van der Waals surface area contributed by atoms with Crippen molar-refractivity contribution < 1.29 is 4.79 Å². The first kappa shape index (κ1) is 18.9. The third-order valence-electron chi connectivity index (χ3n) is 5.72. The van der Waals surface area contributed by atoms with Gasteiger partial charge in [-0.2, -0.15) is 0 Å². The van der Waals surface area contributed by atoms with E-state index in [-0.39, 0.29) is 5.91 Å². The van der Waals surface area contributed by atoms with Gasteiger partial charge in [0.1, 0.15) is 17.3 Å². The topological polar surface area (TPSA) is 70.2 Å². The number of carbonyl (C=O) groups is 1. The van der Waals surface area contributed by atoms with Crippen LogP contribution in [-0.2, 0) is 6.42 Å². The van der Waals surface area contributed by atoms with Crippen LogP contribution in [0.25, 0.3) is 0 Å². The summed E-state index contributed by atoms with van der Waals surface area (Å²) >= 11 is 0. The van der Waals surface area contributed by atoms with Crippen LogP contribution in [0.1, 0.15) is 59.2 Å². The van der Waals surface area contributed by atoms with Crippen molar-refractivity contribution in [3.05, 3.63) is 53.0 Å². The van der Waals surface area contributed by atoms with Crippen LogP contribution in [0.2, 0.25) is 0 Å². The minimum Gasteiger partial charge on any atom is -0.368 e. The summed E-state index contributed by atoms with van der Waals surface area (Å²) < 4.78 is 0. The van der Waals surface area contributed by atoms with Crippen LogP contribution >= 0.6 is 0 Å². The average molecular weight is 380 g/mol. The Morgan fingerprint density at radius 2 is 1.86 bits per heavy atom. The highest BCUT2D eigenvalue weighted by Crippen LogP contribution is 2.26. The number of aryl methyl sites for hydroxylation is 1. The van der Waals surface area contributed by atoms with E-state index in [0.29, 0.717) is 24.1 Å². The minimum absolute atomic E-state index is 0.0954. The number of benzene rings is 1. The fourth-order valence-electron chi connectivity index (χ4n) is 4.28. The van der Waals surface area contributed by atoms with Crippen LogP contribution in [0.15, 0.2) is 30.3 Å². The quantitative estimate of drug-likeness (QED) is 0.835. The SMILES string of the molecule is Cc1nc(NCC(c2ccccc2)N2CCCCCC2)c2c(n1)C(=O)NCC2. The summed E-state index contributed by atoms with van der Waals surface area (Å²) in [6, 6.07) is 11.0. The van der Waals surface area contributed by atoms with E-state index >= 15 is 0 Å². The lowest BCUT2D eigenvalue weighted by Crippen LogP contribution is -2.36. The highest BCUT2D eigenvalue weighted by Gasteiger charge is 2.25. The summed E-state index contributed by atoms with van der Waals surface area (Å²) in [6.07, 6.45) is 5.92. The molecule has 2 aliphatic heterocycles. The fraction of sp³-hybridized carbons (Fsp3) is 0.500. The van der Waals surface area contributed by atoms with Crippen molar-refractivity contribution in [1.29, 1.82) is 0 Å². The van der Waals surface area contributed by atoms with E-state index < -0.39 is 0 Å². The molecule has 4 rings (SSSR count). The van der Waals surface area contributed by atoms with Gasteiger partial charge in [-0.05, 0) is 44.8 Å². The molecule has 0 bridgehead atoms. The van der Waals surface area contributed by atoms with Crippen molar-refractivity contribution in [2.45, 2.75) is 45.1 Å². The van der Waals surface area contributed by atoms with E-state index in [0.717, 1.165) is 37.4 Å². The van der Waals surface area contributed by atoms with Crippen molar-refractivity contribution in [2.75, 3.05) is 31.5 Å². The smallest absolute Gasteiger partial charge is 0.270 e. The van der Waals surface area contributed by atoms with Crippen LogP contribution in [-0.4, -0.2) is 47.0 Å². The summed E-state index contributed by atoms with van der Waals surface area (Å²) in [4.78, 5) is 23.8. The fourth-order valence-corrected chi connectivity index (χ4v) is 4.28. The Morgan fingerprint density at radius 3 is 2.61 bits per heavy atom. The lowest BCUT2D eigenvalue weighted by atomic mass is 10.0. The lowest BCUT2D eigenvalue weighted by Gasteiger charge is -2.32. The Hall–Kier alpha value is -2.47. The predicted molar refractivity (Wildman–Crippen MR) is 111 cm³/mol. The number of anilines is 1. The van der Waals surface area contributed by atoms with Crippen molar-refractivity contribution in [3.63, 3.8) is 0 Å². The highest BCUT2D eigenvalue weighted by atomic mass is 16.1. The number of carbonyl (C=O) groups excluding carboxylic acids is 1. The molecule has 0 radical (unpaired) electrons. The molecule has 2 aromatic rings. The second-order valence-corrected chi connectivity index (χ2v) is 7.71. The first-order valence-electron chi connectivity index (χ1n) is 10.4. The first-order valence-corrected chi connectivity index (χ1v) is 10.4. The van der Waals surface area contributed by atoms with Gasteiger partial charge >= 0.3 is 0 Å². The molecular formula is C22H29N5O. The van der Waals surface area contributed by atoms with E-state index in [4.69, 9.17) is 0 Å². The second kappa shape index (κ2) is 8.69. The van der Waals surface area contributed by atoms with Gasteiger partial charge in [-0.3, -0.25) is 9.69 Å². The van der Waals surface area contributed by atoms with Crippen LogP contribution < -0.4 is 10.6 Å². The molecule has 1 fully saturated rings. The molecule has 148 valence electrons. The molecule has 1 atom stereocenters. The minimum atomic E-state index is -0.0954. The molecule has 1 aromatic heterocycles. The summed E-state index contributed by atoms with van der Waals surface area (Å²) in [5.41, 5.74) is 2.79. The van der Waals surface area contributed by atoms with Crippen LogP contribution in [0.5, 0.6) is 0 Å². The van der Waals surface area contributed by atoms with E-state index in [1.54, 1.807) is 0 Å². The Morgan fingerprint density at radius 1 is 1.11 bits per heavy atom. The number of rotatable bonds is 5. The van der Waals surface area contributed by atoms with E-state index in [2.05, 4.69) is 55.8 Å². The zero-order chi connectivity index (χ0) is 19.3. The van der Waals surface area contributed by atoms with Gasteiger partial charge < -0.3 is 10.6 Å². The predicted octanol–water partition coefficient (Wildman–Crippen LogP) is 3.10. The Balaban J connectivity index is 1.59. The second-order valence-electron chi connectivity index (χ2n) is 7.71. The highest BCUT2D eigenvalue weighted by molar-refractivity contribution is 5.95. The number of nitrogens with one attached hydrogen (secondary N) is 2. The summed E-state index contributed by atoms with van der Waals surface area (Å²) in [5.74, 6) is 1.35. The molecule has 0 spiro atoms. The molecule has 2 aliphatic rings. The molecule has 1 amide bonds. The number of amides is 1. The molecule has 0 aliphatic carbocycles. The van der Waals surface area contributed by atoms with Gasteiger partial charge in [-0.1, -0.05) is 43.2 Å². The monoisotopic (exact) mass is 379 g/mol. The third-order valence-corrected chi connectivity index (χ3v) is 5.72. The molecule has 1 unspecified atom stereocenters. The van der Waals surface area contributed by atoms with Crippen molar-refractivity contribution >= 4 is 11.7 Å². The van der Waals surface area contributed by atoms with Gasteiger partial charge in [0.25, 0.3) is 5.91 Å². The van der Waals surface area contributed by atoms with Gasteiger partial charge in [-0.15, -0.1) is 0 Å². The average Bonchev–Trinajstić information content (AvgIpc) is 2.99. The standard InChI is InChI=1S/C22H29N5O/c1-16-25-20-18(11-12-23-22(20)28)21(26-16)24-15-19(17-9-5-4-6-10-17)27-13-7-2-3-8-14-27/h4-6,9-10,19H,2-3,7-8,11-15H2,1H3,(H,23,28)(H,24,25,26). The zero-order valence-electron chi connectivity index (χ0n) is 16.6. The van der Waals surface area contributed by atoms with Gasteiger partial charge in [-0.25, -0.2) is 9.97 Å². The van der Waals surface area contributed by atoms with Gasteiger partial charge in [0.15, 0.2) is 0 Å². The maximum atomic E-state index is 12.2. The number of hydrogen-bond donors (Lipinski definition) is 2. The molecule has 0 saturated carbocycles. The number of likely N-dealkylation sites (tertiary alicyclic amines) is 1. The molecule has 1 aromatic carbocycles. The van der Waals surface area contributed by atoms with Crippen molar-refractivity contribution in [3.8, 4) is 0 Å². The van der Waals surface area contributed by atoms with E-state index in [1.165, 1.54) is 31.2 Å². The molecule has 3 heterocycles. The Labute approximate surface area is 166 Å². The van der Waals surface area contributed by atoms with Crippen LogP contribution in [0, 0.1) is 6.92 Å². The first-order chi connectivity index (χ1) is 13.7. The van der Waals surface area contributed by atoms with Crippen LogP contribution in [0.4, 0.5) is 5.82 Å². The number of fused-ring (bicyclic) bond motifs is 1. The van der Waals surface area contributed by atoms with E-state index in [9.17, 15) is 4.79 Å². The molecule has 6 nitrogen and oxygen atoms in total. The van der Waals surface area contributed by atoms with E-state index in [1.807, 2.05) is 6.92 Å². The molecule has 2 N–H and O–H groups in total. The Kier molecular flexibility index (Phi) is 5.86. The van der Waals surface area contributed by atoms with Gasteiger partial charge in [0.2, 0.25) is 0 Å². The zero-order valence-corrected chi connectivity index (χ0v) is 16.6. The number of nitrogens with zero attached hydrogens (tertiary/aromatic N) is 3. The third kappa shape index (κ3) is 4.17. The van der Waals surface area contributed by atoms with Gasteiger partial charge in [0.05, 0.1) is 6.04 Å². The van der Waals surface area contributed by atoms with Crippen LogP contribution in [0.3, 0.4) is 0 Å². The molecule has 1 saturated heterocycles. The number of aromatic nitrogens is 2. The summed E-state index contributed by atoms with van der Waals surface area (Å²) in [5, 5.41) is 6.45. The number of hydrogen-bond acceptors (Lipinski definition) is 5. The molecule has 6 heteroatoms. The summed E-state index contributed by atoms with van der Waals surface area (Å²) in [7, 11) is 0. The van der Waals surface area contributed by atoms with Gasteiger partial charge in [0, 0.05) is 18.7 Å². The molecular weight excluding hydrogens is 350 g/mol. The normalized spacial score (nSPS) is 18.7. The lowest BCUT2D eigenvalue weighted by molar-refractivity contribution is 0.0940.